The number of hydrogen-bond donors (Lipinski definition) is 2. The Morgan fingerprint density at radius 1 is 1.35 bits per heavy atom. The molecular weight excluding hydrogens is 259 g/mol. The molecular formula is C14H21FN4O. The second kappa shape index (κ2) is 6.56. The standard InChI is InChI=1S/C14H21FN4O/c1-11(10-14(16)17-20)18-6-8-19(9-7-18)13-5-3-2-4-12(13)15/h2-5,11,20H,6-10H2,1H3,(H2,16,17). The highest BCUT2D eigenvalue weighted by atomic mass is 19.1. The number of halogens is 1. The average Bonchev–Trinajstić information content (AvgIpc) is 2.47. The molecule has 1 aromatic rings. The van der Waals surface area contributed by atoms with Gasteiger partial charge in [-0.15, -0.1) is 0 Å². The molecule has 1 saturated heterocycles. The fourth-order valence-corrected chi connectivity index (χ4v) is 2.58. The van der Waals surface area contributed by atoms with Crippen molar-refractivity contribution in [3.63, 3.8) is 0 Å². The van der Waals surface area contributed by atoms with Gasteiger partial charge in [-0.05, 0) is 19.1 Å². The predicted molar refractivity (Wildman–Crippen MR) is 77.7 cm³/mol. The molecule has 6 heteroatoms. The molecule has 20 heavy (non-hydrogen) atoms. The lowest BCUT2D eigenvalue weighted by atomic mass is 10.1. The molecule has 0 saturated carbocycles. The molecule has 0 aliphatic carbocycles. The number of nitrogens with two attached hydrogens (primary N) is 1. The highest BCUT2D eigenvalue weighted by molar-refractivity contribution is 5.80. The first-order chi connectivity index (χ1) is 9.61. The summed E-state index contributed by atoms with van der Waals surface area (Å²) in [6.07, 6.45) is 0.538. The number of hydrogen-bond acceptors (Lipinski definition) is 4. The molecule has 0 amide bonds. The average molecular weight is 280 g/mol. The highest BCUT2D eigenvalue weighted by Gasteiger charge is 2.23. The number of nitrogens with zero attached hydrogens (tertiary/aromatic N) is 3. The van der Waals surface area contributed by atoms with Crippen LogP contribution >= 0.6 is 0 Å². The largest absolute Gasteiger partial charge is 0.409 e. The summed E-state index contributed by atoms with van der Waals surface area (Å²) in [6, 6.07) is 7.07. The third-order valence-electron chi connectivity index (χ3n) is 3.76. The van der Waals surface area contributed by atoms with E-state index in [-0.39, 0.29) is 17.7 Å². The van der Waals surface area contributed by atoms with Gasteiger partial charge in [-0.25, -0.2) is 4.39 Å². The van der Waals surface area contributed by atoms with Crippen molar-refractivity contribution < 1.29 is 9.60 Å². The maximum Gasteiger partial charge on any atom is 0.146 e. The maximum atomic E-state index is 13.7. The van der Waals surface area contributed by atoms with Gasteiger partial charge in [0.15, 0.2) is 0 Å². The normalized spacial score (nSPS) is 19.1. The quantitative estimate of drug-likeness (QED) is 0.379. The van der Waals surface area contributed by atoms with Crippen LogP contribution < -0.4 is 10.6 Å². The van der Waals surface area contributed by atoms with Gasteiger partial charge < -0.3 is 15.8 Å². The molecule has 1 aromatic carbocycles. The van der Waals surface area contributed by atoms with Crippen LogP contribution in [0.2, 0.25) is 0 Å². The lowest BCUT2D eigenvalue weighted by molar-refractivity contribution is 0.199. The molecule has 1 fully saturated rings. The lowest BCUT2D eigenvalue weighted by Gasteiger charge is -2.39. The van der Waals surface area contributed by atoms with Crippen molar-refractivity contribution in [1.29, 1.82) is 0 Å². The third kappa shape index (κ3) is 3.39. The minimum Gasteiger partial charge on any atom is -0.409 e. The molecule has 110 valence electrons. The Morgan fingerprint density at radius 3 is 2.60 bits per heavy atom. The number of benzene rings is 1. The van der Waals surface area contributed by atoms with E-state index >= 15 is 0 Å². The highest BCUT2D eigenvalue weighted by Crippen LogP contribution is 2.21. The van der Waals surface area contributed by atoms with Crippen LogP contribution in [0.3, 0.4) is 0 Å². The summed E-state index contributed by atoms with van der Waals surface area (Å²) in [7, 11) is 0. The van der Waals surface area contributed by atoms with Crippen molar-refractivity contribution >= 4 is 11.5 Å². The monoisotopic (exact) mass is 280 g/mol. The van der Waals surface area contributed by atoms with E-state index in [0.29, 0.717) is 12.1 Å². The van der Waals surface area contributed by atoms with Crippen molar-refractivity contribution in [1.82, 2.24) is 4.90 Å². The molecule has 2 rings (SSSR count). The van der Waals surface area contributed by atoms with Crippen molar-refractivity contribution in [2.24, 2.45) is 10.9 Å². The molecule has 0 aromatic heterocycles. The van der Waals surface area contributed by atoms with Crippen molar-refractivity contribution in [3.05, 3.63) is 30.1 Å². The van der Waals surface area contributed by atoms with Crippen LogP contribution in [0, 0.1) is 5.82 Å². The summed E-state index contributed by atoms with van der Waals surface area (Å²) >= 11 is 0. The lowest BCUT2D eigenvalue weighted by Crippen LogP contribution is -2.50. The summed E-state index contributed by atoms with van der Waals surface area (Å²) in [5.74, 6) is 0.0692. The van der Waals surface area contributed by atoms with Gasteiger partial charge in [-0.2, -0.15) is 0 Å². The van der Waals surface area contributed by atoms with Gasteiger partial charge in [0.2, 0.25) is 0 Å². The van der Waals surface area contributed by atoms with E-state index in [1.165, 1.54) is 6.07 Å². The first-order valence-corrected chi connectivity index (χ1v) is 6.81. The van der Waals surface area contributed by atoms with Crippen LogP contribution in [-0.2, 0) is 0 Å². The molecule has 1 heterocycles. The zero-order chi connectivity index (χ0) is 14.5. The molecule has 0 spiro atoms. The fourth-order valence-electron chi connectivity index (χ4n) is 2.58. The number of anilines is 1. The first kappa shape index (κ1) is 14.6. The number of piperazine rings is 1. The summed E-state index contributed by atoms with van der Waals surface area (Å²) in [6.45, 7) is 5.29. The summed E-state index contributed by atoms with van der Waals surface area (Å²) in [5, 5.41) is 11.6. The number of oxime groups is 1. The van der Waals surface area contributed by atoms with Gasteiger partial charge in [0.1, 0.15) is 11.7 Å². The maximum absolute atomic E-state index is 13.7. The van der Waals surface area contributed by atoms with Crippen LogP contribution in [0.15, 0.2) is 29.4 Å². The minimum absolute atomic E-state index is 0.175. The van der Waals surface area contributed by atoms with Gasteiger partial charge in [0, 0.05) is 38.6 Å². The Balaban J connectivity index is 1.91. The van der Waals surface area contributed by atoms with Crippen molar-refractivity contribution in [2.45, 2.75) is 19.4 Å². The minimum atomic E-state index is -0.175. The summed E-state index contributed by atoms with van der Waals surface area (Å²) in [4.78, 5) is 4.33. The van der Waals surface area contributed by atoms with Crippen molar-refractivity contribution in [2.75, 3.05) is 31.1 Å². The van der Waals surface area contributed by atoms with Crippen molar-refractivity contribution in [3.8, 4) is 0 Å². The van der Waals surface area contributed by atoms with Gasteiger partial charge in [-0.1, -0.05) is 17.3 Å². The molecule has 3 N–H and O–H groups in total. The van der Waals surface area contributed by atoms with Crippen LogP contribution in [0.5, 0.6) is 0 Å². The topological polar surface area (TPSA) is 65.1 Å². The van der Waals surface area contributed by atoms with E-state index in [0.717, 1.165) is 26.2 Å². The second-order valence-corrected chi connectivity index (χ2v) is 5.12. The molecule has 5 nitrogen and oxygen atoms in total. The number of para-hydroxylation sites is 1. The van der Waals surface area contributed by atoms with Crippen LogP contribution in [0.4, 0.5) is 10.1 Å². The zero-order valence-corrected chi connectivity index (χ0v) is 11.7. The molecule has 1 atom stereocenters. The Kier molecular flexibility index (Phi) is 4.79. The second-order valence-electron chi connectivity index (χ2n) is 5.12. The number of rotatable bonds is 4. The summed E-state index contributed by atoms with van der Waals surface area (Å²) < 4.78 is 13.7. The molecule has 0 bridgehead atoms. The van der Waals surface area contributed by atoms with E-state index < -0.39 is 0 Å². The fraction of sp³-hybridized carbons (Fsp3) is 0.500. The molecule has 1 aliphatic rings. The molecule has 1 unspecified atom stereocenters. The van der Waals surface area contributed by atoms with Gasteiger partial charge in [0.05, 0.1) is 5.69 Å². The number of amidine groups is 1. The van der Waals surface area contributed by atoms with Gasteiger partial charge >= 0.3 is 0 Å². The molecule has 1 aliphatic heterocycles. The van der Waals surface area contributed by atoms with E-state index in [4.69, 9.17) is 10.9 Å². The van der Waals surface area contributed by atoms with E-state index in [1.54, 1.807) is 6.07 Å². The molecule has 0 radical (unpaired) electrons. The van der Waals surface area contributed by atoms with Crippen LogP contribution in [0.25, 0.3) is 0 Å². The van der Waals surface area contributed by atoms with E-state index in [9.17, 15) is 4.39 Å². The Bertz CT molecular complexity index is 472. The Hall–Kier alpha value is -1.82. The zero-order valence-electron chi connectivity index (χ0n) is 11.7. The smallest absolute Gasteiger partial charge is 0.146 e. The van der Waals surface area contributed by atoms with E-state index in [2.05, 4.69) is 21.9 Å². The first-order valence-electron chi connectivity index (χ1n) is 6.81. The van der Waals surface area contributed by atoms with Gasteiger partial charge in [0.25, 0.3) is 0 Å². The van der Waals surface area contributed by atoms with Crippen LogP contribution in [0.1, 0.15) is 13.3 Å². The van der Waals surface area contributed by atoms with Crippen LogP contribution in [-0.4, -0.2) is 48.2 Å². The van der Waals surface area contributed by atoms with Gasteiger partial charge in [-0.3, -0.25) is 4.90 Å². The Morgan fingerprint density at radius 2 is 2.00 bits per heavy atom. The summed E-state index contributed by atoms with van der Waals surface area (Å²) in [5.41, 5.74) is 6.20. The third-order valence-corrected chi connectivity index (χ3v) is 3.76. The van der Waals surface area contributed by atoms with E-state index in [1.807, 2.05) is 12.1 Å². The Labute approximate surface area is 118 Å². The SMILES string of the molecule is CC(C/C(N)=N/O)N1CCN(c2ccccc2F)CC1. The predicted octanol–water partition coefficient (Wildman–Crippen LogP) is 1.47.